The minimum atomic E-state index is 0.678. The molecule has 0 spiro atoms. The number of hydrogen-bond acceptors (Lipinski definition) is 5. The summed E-state index contributed by atoms with van der Waals surface area (Å²) in [6.07, 6.45) is 6.53. The van der Waals surface area contributed by atoms with Gasteiger partial charge in [-0.25, -0.2) is 9.97 Å². The van der Waals surface area contributed by atoms with E-state index in [-0.39, 0.29) is 0 Å². The summed E-state index contributed by atoms with van der Waals surface area (Å²) in [5, 5.41) is 6.59. The van der Waals surface area contributed by atoms with Crippen molar-refractivity contribution in [1.29, 1.82) is 0 Å². The van der Waals surface area contributed by atoms with Gasteiger partial charge in [0.25, 0.3) is 0 Å². The number of nitrogens with zero attached hydrogens (tertiary/aromatic N) is 2. The molecular formula is C15H28N4O. The highest BCUT2D eigenvalue weighted by atomic mass is 16.5. The second kappa shape index (κ2) is 9.39. The third-order valence-corrected chi connectivity index (χ3v) is 3.45. The first-order valence-electron chi connectivity index (χ1n) is 7.63. The maximum absolute atomic E-state index is 5.43. The molecule has 2 N–H and O–H groups in total. The highest BCUT2D eigenvalue weighted by molar-refractivity contribution is 5.63. The lowest BCUT2D eigenvalue weighted by Crippen LogP contribution is -2.16. The van der Waals surface area contributed by atoms with Crippen molar-refractivity contribution >= 4 is 11.6 Å². The van der Waals surface area contributed by atoms with Crippen LogP contribution in [0.25, 0.3) is 0 Å². The third kappa shape index (κ3) is 4.87. The molecule has 0 aromatic carbocycles. The van der Waals surface area contributed by atoms with Crippen molar-refractivity contribution in [3.63, 3.8) is 0 Å². The summed E-state index contributed by atoms with van der Waals surface area (Å²) < 4.78 is 5.43. The predicted octanol–water partition coefficient (Wildman–Crippen LogP) is 3.55. The van der Waals surface area contributed by atoms with Gasteiger partial charge in [0.15, 0.2) is 11.6 Å². The average Bonchev–Trinajstić information content (AvgIpc) is 2.48. The molecule has 114 valence electrons. The number of unbranched alkanes of at least 4 members (excludes halogenated alkanes) is 1. The van der Waals surface area contributed by atoms with Crippen LogP contribution < -0.4 is 15.4 Å². The lowest BCUT2D eigenvalue weighted by atomic mass is 9.99. The van der Waals surface area contributed by atoms with E-state index in [1.165, 1.54) is 25.7 Å². The molecule has 5 heteroatoms. The fourth-order valence-corrected chi connectivity index (χ4v) is 2.17. The van der Waals surface area contributed by atoms with Gasteiger partial charge < -0.3 is 15.4 Å². The molecule has 0 aliphatic rings. The van der Waals surface area contributed by atoms with E-state index < -0.39 is 0 Å². The Morgan fingerprint density at radius 3 is 2.40 bits per heavy atom. The smallest absolute Gasteiger partial charge is 0.204 e. The van der Waals surface area contributed by atoms with E-state index in [2.05, 4.69) is 34.4 Å². The van der Waals surface area contributed by atoms with Crippen molar-refractivity contribution in [3.05, 3.63) is 6.33 Å². The van der Waals surface area contributed by atoms with E-state index in [1.807, 2.05) is 6.92 Å². The second-order valence-electron chi connectivity index (χ2n) is 4.93. The molecule has 1 unspecified atom stereocenters. The topological polar surface area (TPSA) is 59.1 Å². The normalized spacial score (nSPS) is 12.0. The first kappa shape index (κ1) is 16.5. The van der Waals surface area contributed by atoms with Crippen molar-refractivity contribution in [2.24, 2.45) is 5.92 Å². The Hall–Kier alpha value is -1.52. The van der Waals surface area contributed by atoms with Crippen LogP contribution in [0.3, 0.4) is 0 Å². The summed E-state index contributed by atoms with van der Waals surface area (Å²) in [5.41, 5.74) is 0. The maximum atomic E-state index is 5.43. The number of ether oxygens (including phenoxy) is 1. The first-order valence-corrected chi connectivity index (χ1v) is 7.63. The molecule has 0 fully saturated rings. The Bertz CT molecular complexity index is 384. The number of methoxy groups -OCH3 is 1. The predicted molar refractivity (Wildman–Crippen MR) is 84.5 cm³/mol. The van der Waals surface area contributed by atoms with Crippen molar-refractivity contribution in [2.75, 3.05) is 30.8 Å². The number of rotatable bonds is 10. The van der Waals surface area contributed by atoms with Crippen molar-refractivity contribution < 1.29 is 4.74 Å². The van der Waals surface area contributed by atoms with Crippen LogP contribution >= 0.6 is 0 Å². The van der Waals surface area contributed by atoms with Crippen LogP contribution in [-0.4, -0.2) is 30.2 Å². The molecule has 0 aliphatic heterocycles. The maximum Gasteiger partial charge on any atom is 0.204 e. The lowest BCUT2D eigenvalue weighted by Gasteiger charge is -2.18. The zero-order valence-corrected chi connectivity index (χ0v) is 13.2. The Balaban J connectivity index is 2.68. The molecule has 5 nitrogen and oxygen atoms in total. The molecule has 1 atom stereocenters. The van der Waals surface area contributed by atoms with E-state index in [0.717, 1.165) is 24.7 Å². The summed E-state index contributed by atoms with van der Waals surface area (Å²) in [7, 11) is 1.65. The number of hydrogen-bond donors (Lipinski definition) is 2. The largest absolute Gasteiger partial charge is 0.490 e. The van der Waals surface area contributed by atoms with E-state index in [1.54, 1.807) is 13.4 Å². The third-order valence-electron chi connectivity index (χ3n) is 3.45. The SMILES string of the molecule is CCCCC(CC)CNc1ncnc(NCC)c1OC. The Morgan fingerprint density at radius 2 is 1.85 bits per heavy atom. The van der Waals surface area contributed by atoms with Crippen molar-refractivity contribution in [1.82, 2.24) is 9.97 Å². The molecule has 0 saturated carbocycles. The van der Waals surface area contributed by atoms with Crippen LogP contribution in [-0.2, 0) is 0 Å². The number of nitrogens with one attached hydrogen (secondary N) is 2. The van der Waals surface area contributed by atoms with Gasteiger partial charge in [-0.3, -0.25) is 0 Å². The van der Waals surface area contributed by atoms with Gasteiger partial charge in [-0.2, -0.15) is 0 Å². The van der Waals surface area contributed by atoms with E-state index in [9.17, 15) is 0 Å². The molecule has 0 aliphatic carbocycles. The molecule has 0 bridgehead atoms. The molecule has 20 heavy (non-hydrogen) atoms. The van der Waals surface area contributed by atoms with E-state index in [4.69, 9.17) is 4.74 Å². The quantitative estimate of drug-likeness (QED) is 0.686. The van der Waals surface area contributed by atoms with Crippen LogP contribution in [0.2, 0.25) is 0 Å². The second-order valence-corrected chi connectivity index (χ2v) is 4.93. The van der Waals surface area contributed by atoms with Crippen LogP contribution in [0.5, 0.6) is 5.75 Å². The van der Waals surface area contributed by atoms with E-state index in [0.29, 0.717) is 11.7 Å². The van der Waals surface area contributed by atoms with Crippen LogP contribution in [0.1, 0.15) is 46.5 Å². The molecule has 1 aromatic heterocycles. The molecule has 0 amide bonds. The first-order chi connectivity index (χ1) is 9.76. The molecule has 1 rings (SSSR count). The monoisotopic (exact) mass is 280 g/mol. The van der Waals surface area contributed by atoms with Gasteiger partial charge in [0.05, 0.1) is 7.11 Å². The van der Waals surface area contributed by atoms with Crippen LogP contribution in [0, 0.1) is 5.92 Å². The van der Waals surface area contributed by atoms with Gasteiger partial charge in [0, 0.05) is 13.1 Å². The minimum absolute atomic E-state index is 0.678. The molecule has 0 saturated heterocycles. The van der Waals surface area contributed by atoms with Gasteiger partial charge in [0.1, 0.15) is 6.33 Å². The standard InChI is InChI=1S/C15H28N4O/c1-5-8-9-12(6-2)10-17-15-13(20-4)14(16-7-3)18-11-19-15/h11-12H,5-10H2,1-4H3,(H2,16,17,18,19). The van der Waals surface area contributed by atoms with Crippen LogP contribution in [0.15, 0.2) is 6.33 Å². The molecule has 1 heterocycles. The Morgan fingerprint density at radius 1 is 1.15 bits per heavy atom. The average molecular weight is 280 g/mol. The summed E-state index contributed by atoms with van der Waals surface area (Å²) in [5.74, 6) is 2.89. The highest BCUT2D eigenvalue weighted by Gasteiger charge is 2.13. The van der Waals surface area contributed by atoms with Gasteiger partial charge in [-0.1, -0.05) is 33.1 Å². The number of anilines is 2. The van der Waals surface area contributed by atoms with Gasteiger partial charge >= 0.3 is 0 Å². The lowest BCUT2D eigenvalue weighted by molar-refractivity contribution is 0.413. The van der Waals surface area contributed by atoms with Crippen LogP contribution in [0.4, 0.5) is 11.6 Å². The molecule has 0 radical (unpaired) electrons. The van der Waals surface area contributed by atoms with Gasteiger partial charge in [0.2, 0.25) is 5.75 Å². The fourth-order valence-electron chi connectivity index (χ4n) is 2.17. The van der Waals surface area contributed by atoms with Crippen molar-refractivity contribution in [2.45, 2.75) is 46.5 Å². The summed E-state index contributed by atoms with van der Waals surface area (Å²) in [6, 6.07) is 0. The number of aromatic nitrogens is 2. The molecule has 1 aromatic rings. The highest BCUT2D eigenvalue weighted by Crippen LogP contribution is 2.29. The zero-order valence-electron chi connectivity index (χ0n) is 13.2. The summed E-state index contributed by atoms with van der Waals surface area (Å²) in [6.45, 7) is 8.24. The fraction of sp³-hybridized carbons (Fsp3) is 0.733. The Kier molecular flexibility index (Phi) is 7.77. The van der Waals surface area contributed by atoms with E-state index >= 15 is 0 Å². The van der Waals surface area contributed by atoms with Gasteiger partial charge in [-0.05, 0) is 19.3 Å². The molecular weight excluding hydrogens is 252 g/mol. The minimum Gasteiger partial charge on any atom is -0.490 e. The van der Waals surface area contributed by atoms with Gasteiger partial charge in [-0.15, -0.1) is 0 Å². The summed E-state index contributed by atoms with van der Waals surface area (Å²) in [4.78, 5) is 8.50. The zero-order chi connectivity index (χ0) is 14.8. The Labute approximate surface area is 122 Å². The van der Waals surface area contributed by atoms with Crippen molar-refractivity contribution in [3.8, 4) is 5.75 Å². The summed E-state index contributed by atoms with van der Waals surface area (Å²) >= 11 is 0.